The third-order valence-electron chi connectivity index (χ3n) is 4.71. The van der Waals surface area contributed by atoms with E-state index < -0.39 is 0 Å². The molecule has 0 aromatic heterocycles. The van der Waals surface area contributed by atoms with Crippen molar-refractivity contribution in [1.29, 1.82) is 0 Å². The van der Waals surface area contributed by atoms with Gasteiger partial charge in [-0.2, -0.15) is 0 Å². The second kappa shape index (κ2) is 8.43. The average Bonchev–Trinajstić information content (AvgIpc) is 2.53. The lowest BCUT2D eigenvalue weighted by Gasteiger charge is -2.31. The first-order chi connectivity index (χ1) is 10.2. The third kappa shape index (κ3) is 4.74. The van der Waals surface area contributed by atoms with Crippen molar-refractivity contribution in [2.24, 2.45) is 5.92 Å². The van der Waals surface area contributed by atoms with E-state index in [1.54, 1.807) is 0 Å². The first kappa shape index (κ1) is 16.4. The Morgan fingerprint density at radius 3 is 2.81 bits per heavy atom. The quantitative estimate of drug-likeness (QED) is 0.754. The van der Waals surface area contributed by atoms with Crippen LogP contribution in [0.2, 0.25) is 0 Å². The normalized spacial score (nSPS) is 23.8. The molecule has 1 aliphatic carbocycles. The lowest BCUT2D eigenvalue weighted by Crippen LogP contribution is -2.30. The highest BCUT2D eigenvalue weighted by molar-refractivity contribution is 5.30. The van der Waals surface area contributed by atoms with E-state index in [0.717, 1.165) is 18.2 Å². The Kier molecular flexibility index (Phi) is 6.56. The number of hydrogen-bond donors (Lipinski definition) is 1. The Labute approximate surface area is 130 Å². The molecule has 0 aliphatic heterocycles. The van der Waals surface area contributed by atoms with Crippen LogP contribution in [0, 0.1) is 5.92 Å². The van der Waals surface area contributed by atoms with Crippen molar-refractivity contribution in [1.82, 2.24) is 5.32 Å². The summed E-state index contributed by atoms with van der Waals surface area (Å²) in [5.41, 5.74) is 1.32. The molecule has 2 heteroatoms. The van der Waals surface area contributed by atoms with Crippen LogP contribution >= 0.6 is 0 Å². The molecule has 2 nitrogen and oxygen atoms in total. The second-order valence-electron chi connectivity index (χ2n) is 6.36. The molecule has 1 fully saturated rings. The van der Waals surface area contributed by atoms with Crippen LogP contribution in [-0.2, 0) is 0 Å². The van der Waals surface area contributed by atoms with Crippen LogP contribution < -0.4 is 10.1 Å². The molecule has 1 aromatic rings. The van der Waals surface area contributed by atoms with E-state index >= 15 is 0 Å². The minimum Gasteiger partial charge on any atom is -0.490 e. The predicted molar refractivity (Wildman–Crippen MR) is 89.8 cm³/mol. The van der Waals surface area contributed by atoms with Gasteiger partial charge in [0.25, 0.3) is 0 Å². The van der Waals surface area contributed by atoms with Gasteiger partial charge >= 0.3 is 0 Å². The summed E-state index contributed by atoms with van der Waals surface area (Å²) in [7, 11) is 0. The van der Waals surface area contributed by atoms with E-state index in [2.05, 4.69) is 50.4 Å². The molecule has 2 rings (SSSR count). The van der Waals surface area contributed by atoms with Gasteiger partial charge in [0.15, 0.2) is 0 Å². The Morgan fingerprint density at radius 1 is 1.24 bits per heavy atom. The minimum atomic E-state index is 0.391. The average molecular weight is 289 g/mol. The molecular formula is C19H31NO. The molecule has 0 saturated heterocycles. The minimum absolute atomic E-state index is 0.391. The van der Waals surface area contributed by atoms with Crippen LogP contribution in [-0.4, -0.2) is 12.6 Å². The zero-order valence-electron chi connectivity index (χ0n) is 13.9. The first-order valence-electron chi connectivity index (χ1n) is 8.74. The van der Waals surface area contributed by atoms with Crippen LogP contribution in [0.15, 0.2) is 24.3 Å². The van der Waals surface area contributed by atoms with Crippen LogP contribution in [0.1, 0.15) is 70.9 Å². The van der Waals surface area contributed by atoms with Gasteiger partial charge in [-0.25, -0.2) is 0 Å². The van der Waals surface area contributed by atoms with Crippen molar-refractivity contribution < 1.29 is 4.74 Å². The van der Waals surface area contributed by atoms with Gasteiger partial charge in [-0.15, -0.1) is 0 Å². The Hall–Kier alpha value is -1.02. The molecule has 1 aliphatic rings. The highest BCUT2D eigenvalue weighted by Gasteiger charge is 2.25. The standard InChI is InChI=1S/C19H31NO/c1-4-13-20-15(3)17-10-8-11-18(14-17)21-19-12-7-6-9-16(19)5-2/h8,10-11,14-16,19-20H,4-7,9,12-13H2,1-3H3. The van der Waals surface area contributed by atoms with Crippen molar-refractivity contribution in [2.75, 3.05) is 6.54 Å². The maximum Gasteiger partial charge on any atom is 0.120 e. The molecule has 1 aromatic carbocycles. The van der Waals surface area contributed by atoms with Gasteiger partial charge in [-0.1, -0.05) is 32.4 Å². The van der Waals surface area contributed by atoms with Crippen LogP contribution in [0.3, 0.4) is 0 Å². The van der Waals surface area contributed by atoms with E-state index in [-0.39, 0.29) is 0 Å². The molecule has 0 amide bonds. The summed E-state index contributed by atoms with van der Waals surface area (Å²) in [6.07, 6.45) is 8.05. The van der Waals surface area contributed by atoms with Gasteiger partial charge < -0.3 is 10.1 Å². The lowest BCUT2D eigenvalue weighted by atomic mass is 9.85. The van der Waals surface area contributed by atoms with Crippen molar-refractivity contribution in [3.05, 3.63) is 29.8 Å². The van der Waals surface area contributed by atoms with Crippen molar-refractivity contribution in [2.45, 2.75) is 71.4 Å². The van der Waals surface area contributed by atoms with E-state index in [1.807, 2.05) is 0 Å². The van der Waals surface area contributed by atoms with Gasteiger partial charge in [0.2, 0.25) is 0 Å². The Morgan fingerprint density at radius 2 is 2.05 bits per heavy atom. The number of benzene rings is 1. The molecule has 0 bridgehead atoms. The fourth-order valence-electron chi connectivity index (χ4n) is 3.31. The van der Waals surface area contributed by atoms with Gasteiger partial charge in [-0.3, -0.25) is 0 Å². The fraction of sp³-hybridized carbons (Fsp3) is 0.684. The summed E-state index contributed by atoms with van der Waals surface area (Å²) in [6, 6.07) is 9.03. The third-order valence-corrected chi connectivity index (χ3v) is 4.71. The lowest BCUT2D eigenvalue weighted by molar-refractivity contribution is 0.0903. The maximum absolute atomic E-state index is 6.33. The summed E-state index contributed by atoms with van der Waals surface area (Å²) in [5, 5.41) is 3.54. The molecule has 0 radical (unpaired) electrons. The monoisotopic (exact) mass is 289 g/mol. The summed E-state index contributed by atoms with van der Waals surface area (Å²) in [4.78, 5) is 0. The summed E-state index contributed by atoms with van der Waals surface area (Å²) < 4.78 is 6.33. The van der Waals surface area contributed by atoms with E-state index in [9.17, 15) is 0 Å². The van der Waals surface area contributed by atoms with E-state index in [4.69, 9.17) is 4.74 Å². The molecule has 1 N–H and O–H groups in total. The molecular weight excluding hydrogens is 258 g/mol. The highest BCUT2D eigenvalue weighted by Crippen LogP contribution is 2.31. The fourth-order valence-corrected chi connectivity index (χ4v) is 3.31. The smallest absolute Gasteiger partial charge is 0.120 e. The van der Waals surface area contributed by atoms with Gasteiger partial charge in [-0.05, 0) is 69.2 Å². The second-order valence-corrected chi connectivity index (χ2v) is 6.36. The molecule has 3 unspecified atom stereocenters. The number of ether oxygens (including phenoxy) is 1. The molecule has 0 heterocycles. The summed E-state index contributed by atoms with van der Waals surface area (Å²) >= 11 is 0. The van der Waals surface area contributed by atoms with E-state index in [1.165, 1.54) is 44.1 Å². The molecule has 3 atom stereocenters. The first-order valence-corrected chi connectivity index (χ1v) is 8.74. The van der Waals surface area contributed by atoms with Crippen molar-refractivity contribution >= 4 is 0 Å². The van der Waals surface area contributed by atoms with Crippen molar-refractivity contribution in [3.63, 3.8) is 0 Å². The molecule has 21 heavy (non-hydrogen) atoms. The van der Waals surface area contributed by atoms with Gasteiger partial charge in [0.1, 0.15) is 11.9 Å². The molecule has 1 saturated carbocycles. The van der Waals surface area contributed by atoms with Crippen LogP contribution in [0.4, 0.5) is 0 Å². The molecule has 0 spiro atoms. The predicted octanol–water partition coefficient (Wildman–Crippen LogP) is 5.09. The van der Waals surface area contributed by atoms with Crippen LogP contribution in [0.5, 0.6) is 5.75 Å². The maximum atomic E-state index is 6.33. The zero-order chi connectivity index (χ0) is 15.1. The summed E-state index contributed by atoms with van der Waals surface area (Å²) in [5.74, 6) is 1.78. The zero-order valence-corrected chi connectivity index (χ0v) is 13.9. The van der Waals surface area contributed by atoms with E-state index in [0.29, 0.717) is 12.1 Å². The molecule has 118 valence electrons. The van der Waals surface area contributed by atoms with Crippen LogP contribution in [0.25, 0.3) is 0 Å². The number of hydrogen-bond acceptors (Lipinski definition) is 2. The van der Waals surface area contributed by atoms with Gasteiger partial charge in [0, 0.05) is 6.04 Å². The highest BCUT2D eigenvalue weighted by atomic mass is 16.5. The Balaban J connectivity index is 1.99. The van der Waals surface area contributed by atoms with Crippen molar-refractivity contribution in [3.8, 4) is 5.75 Å². The topological polar surface area (TPSA) is 21.3 Å². The Bertz CT molecular complexity index is 418. The summed E-state index contributed by atoms with van der Waals surface area (Å²) in [6.45, 7) is 7.78. The number of rotatable bonds is 7. The number of nitrogens with one attached hydrogen (secondary N) is 1. The largest absolute Gasteiger partial charge is 0.490 e. The van der Waals surface area contributed by atoms with Gasteiger partial charge in [0.05, 0.1) is 0 Å². The SMILES string of the molecule is CCCNC(C)c1cccc(OC2CCCCC2CC)c1.